The van der Waals surface area contributed by atoms with Crippen LogP contribution in [0.15, 0.2) is 12.2 Å². The fourth-order valence-electron chi connectivity index (χ4n) is 8.19. The highest BCUT2D eigenvalue weighted by Gasteiger charge is 2.27. The van der Waals surface area contributed by atoms with Gasteiger partial charge in [-0.3, -0.25) is 18.6 Å². The number of rotatable bonds is 52. The van der Waals surface area contributed by atoms with Crippen molar-refractivity contribution >= 4 is 19.8 Å². The molecule has 0 aliphatic carbocycles. The van der Waals surface area contributed by atoms with Crippen LogP contribution in [0, 0.1) is 0 Å². The second-order valence-corrected chi connectivity index (χ2v) is 21.8. The summed E-state index contributed by atoms with van der Waals surface area (Å²) in [6.07, 6.45) is 54.2. The van der Waals surface area contributed by atoms with Crippen molar-refractivity contribution in [1.82, 2.24) is 0 Å². The number of likely N-dealkylation sites (N-methyl/N-ethyl adjacent to an activating group) is 1. The van der Waals surface area contributed by atoms with Crippen LogP contribution in [0.1, 0.15) is 277 Å². The molecule has 386 valence electrons. The highest BCUT2D eigenvalue weighted by Crippen LogP contribution is 2.43. The first-order valence-corrected chi connectivity index (χ1v) is 29.4. The maximum atomic E-state index is 12.8. The van der Waals surface area contributed by atoms with Gasteiger partial charge in [0.2, 0.25) is 0 Å². The molecule has 1 N–H and O–H groups in total. The number of carbonyl (C=O) groups excluding carboxylic acids is 2. The van der Waals surface area contributed by atoms with E-state index in [9.17, 15) is 19.0 Å². The molecule has 0 spiro atoms. The van der Waals surface area contributed by atoms with Crippen molar-refractivity contribution in [2.75, 3.05) is 47.5 Å². The molecule has 0 bridgehead atoms. The summed E-state index contributed by atoms with van der Waals surface area (Å²) in [6.45, 7) is 4.48. The second kappa shape index (κ2) is 47.8. The van der Waals surface area contributed by atoms with Gasteiger partial charge in [-0.25, -0.2) is 4.57 Å². The van der Waals surface area contributed by atoms with E-state index in [0.717, 1.165) is 32.1 Å². The highest BCUT2D eigenvalue weighted by atomic mass is 31.2. The molecule has 0 aromatic heterocycles. The largest absolute Gasteiger partial charge is 0.472 e. The minimum atomic E-state index is -4.38. The Kier molecular flexibility index (Phi) is 46.9. The Morgan fingerprint density at radius 3 is 1.14 bits per heavy atom. The zero-order valence-electron chi connectivity index (χ0n) is 43.8. The van der Waals surface area contributed by atoms with Crippen LogP contribution in [-0.4, -0.2) is 74.9 Å². The van der Waals surface area contributed by atoms with Gasteiger partial charge < -0.3 is 18.9 Å². The summed E-state index contributed by atoms with van der Waals surface area (Å²) in [5.74, 6) is -0.780. The maximum Gasteiger partial charge on any atom is 0.472 e. The minimum absolute atomic E-state index is 0.0358. The van der Waals surface area contributed by atoms with Crippen LogP contribution in [0.2, 0.25) is 0 Å². The SMILES string of the molecule is CCCCCCCCCC/C=C\CCCCCCCCCCCCCCCCCC(=O)OC(COC(=O)CCCCCCCCCCCCCCCC)COP(=O)(O)OCC[N+](C)(C)C. The summed E-state index contributed by atoms with van der Waals surface area (Å²) < 4.78 is 34.5. The van der Waals surface area contributed by atoms with Crippen LogP contribution in [0.5, 0.6) is 0 Å². The number of carbonyl (C=O) groups is 2. The molecule has 0 amide bonds. The van der Waals surface area contributed by atoms with E-state index in [4.69, 9.17) is 18.5 Å². The maximum absolute atomic E-state index is 12.8. The quantitative estimate of drug-likeness (QED) is 0.0211. The topological polar surface area (TPSA) is 108 Å². The van der Waals surface area contributed by atoms with Gasteiger partial charge in [0.25, 0.3) is 0 Å². The lowest BCUT2D eigenvalue weighted by Crippen LogP contribution is -2.37. The van der Waals surface area contributed by atoms with Gasteiger partial charge in [0.05, 0.1) is 27.7 Å². The van der Waals surface area contributed by atoms with Crippen molar-refractivity contribution in [2.45, 2.75) is 283 Å². The third-order valence-corrected chi connectivity index (χ3v) is 13.5. The zero-order chi connectivity index (χ0) is 47.8. The molecule has 0 aliphatic rings. The van der Waals surface area contributed by atoms with Crippen molar-refractivity contribution in [1.29, 1.82) is 0 Å². The normalized spacial score (nSPS) is 13.4. The molecular weight excluding hydrogens is 834 g/mol. The zero-order valence-corrected chi connectivity index (χ0v) is 44.6. The summed E-state index contributed by atoms with van der Waals surface area (Å²) >= 11 is 0. The number of ether oxygens (including phenoxy) is 2. The van der Waals surface area contributed by atoms with Gasteiger partial charge in [-0.05, 0) is 38.5 Å². The molecule has 0 radical (unpaired) electrons. The van der Waals surface area contributed by atoms with Gasteiger partial charge in [0.15, 0.2) is 6.10 Å². The van der Waals surface area contributed by atoms with Gasteiger partial charge in [0, 0.05) is 12.8 Å². The molecule has 65 heavy (non-hydrogen) atoms. The van der Waals surface area contributed by atoms with E-state index in [2.05, 4.69) is 26.0 Å². The lowest BCUT2D eigenvalue weighted by atomic mass is 10.0. The lowest BCUT2D eigenvalue weighted by molar-refractivity contribution is -0.870. The molecule has 9 nitrogen and oxygen atoms in total. The van der Waals surface area contributed by atoms with Crippen molar-refractivity contribution in [3.05, 3.63) is 12.2 Å². The predicted molar refractivity (Wildman–Crippen MR) is 275 cm³/mol. The van der Waals surface area contributed by atoms with Crippen LogP contribution < -0.4 is 0 Å². The van der Waals surface area contributed by atoms with Crippen LogP contribution >= 0.6 is 7.82 Å². The molecule has 2 unspecified atom stereocenters. The predicted octanol–water partition coefficient (Wildman–Crippen LogP) is 16.9. The van der Waals surface area contributed by atoms with Gasteiger partial charge in [-0.1, -0.05) is 238 Å². The summed E-state index contributed by atoms with van der Waals surface area (Å²) in [6, 6.07) is 0. The summed E-state index contributed by atoms with van der Waals surface area (Å²) in [5.41, 5.74) is 0. The molecule has 0 saturated heterocycles. The summed E-state index contributed by atoms with van der Waals surface area (Å²) in [4.78, 5) is 35.6. The number of esters is 2. The van der Waals surface area contributed by atoms with Crippen molar-refractivity contribution in [3.8, 4) is 0 Å². The number of quaternary nitrogens is 1. The van der Waals surface area contributed by atoms with Crippen LogP contribution in [0.4, 0.5) is 0 Å². The Bertz CT molecular complexity index is 1110. The molecule has 0 heterocycles. The second-order valence-electron chi connectivity index (χ2n) is 20.3. The Morgan fingerprint density at radius 2 is 0.785 bits per heavy atom. The van der Waals surface area contributed by atoms with Crippen molar-refractivity contribution in [2.24, 2.45) is 0 Å². The molecule has 0 aromatic rings. The molecule has 2 atom stereocenters. The van der Waals surface area contributed by atoms with Crippen LogP contribution in [0.25, 0.3) is 0 Å². The molecule has 0 aliphatic heterocycles. The fourth-order valence-corrected chi connectivity index (χ4v) is 8.93. The van der Waals surface area contributed by atoms with E-state index in [1.165, 1.54) is 212 Å². The third kappa shape index (κ3) is 52.0. The molecule has 0 rings (SSSR count). The summed E-state index contributed by atoms with van der Waals surface area (Å²) in [7, 11) is 1.49. The Morgan fingerprint density at radius 1 is 0.462 bits per heavy atom. The number of phosphoric ester groups is 1. The van der Waals surface area contributed by atoms with E-state index < -0.39 is 26.5 Å². The monoisotopic (exact) mass is 943 g/mol. The van der Waals surface area contributed by atoms with E-state index in [0.29, 0.717) is 23.9 Å². The Balaban J connectivity index is 4.08. The molecular formula is C55H109NO8P+. The van der Waals surface area contributed by atoms with E-state index in [-0.39, 0.29) is 25.6 Å². The number of allylic oxidation sites excluding steroid dienone is 2. The smallest absolute Gasteiger partial charge is 0.462 e. The fraction of sp³-hybridized carbons (Fsp3) is 0.927. The number of unbranched alkanes of at least 4 members (excludes halogenated alkanes) is 36. The first-order valence-electron chi connectivity index (χ1n) is 27.9. The molecule has 0 saturated carbocycles. The van der Waals surface area contributed by atoms with E-state index in [1.54, 1.807) is 0 Å². The molecule has 0 fully saturated rings. The first kappa shape index (κ1) is 63.8. The minimum Gasteiger partial charge on any atom is -0.462 e. The standard InChI is InChI=1S/C55H108NO8P/c1-6-8-10-12-14-16-18-20-22-23-24-25-26-27-28-29-30-31-32-33-34-36-38-40-42-44-46-48-55(58)64-53(52-63-65(59,60)62-50-49-56(3,4)5)51-61-54(57)47-45-43-41-39-37-35-21-19-17-15-13-11-9-7-2/h23-24,53H,6-22,25-52H2,1-5H3/p+1/b24-23-. The van der Waals surface area contributed by atoms with Crippen molar-refractivity contribution < 1.29 is 42.1 Å². The van der Waals surface area contributed by atoms with Gasteiger partial charge >= 0.3 is 19.8 Å². The first-order chi connectivity index (χ1) is 31.5. The Labute approximate surface area is 403 Å². The molecule has 0 aromatic carbocycles. The van der Waals surface area contributed by atoms with Crippen LogP contribution in [-0.2, 0) is 32.7 Å². The number of phosphoric acid groups is 1. The van der Waals surface area contributed by atoms with E-state index in [1.807, 2.05) is 21.1 Å². The molecule has 10 heteroatoms. The van der Waals surface area contributed by atoms with Gasteiger partial charge in [0.1, 0.15) is 19.8 Å². The lowest BCUT2D eigenvalue weighted by Gasteiger charge is -2.24. The van der Waals surface area contributed by atoms with Crippen LogP contribution in [0.3, 0.4) is 0 Å². The van der Waals surface area contributed by atoms with Gasteiger partial charge in [-0.15, -0.1) is 0 Å². The Hall–Kier alpha value is -1.25. The number of hydrogen-bond acceptors (Lipinski definition) is 7. The number of nitrogens with zero attached hydrogens (tertiary/aromatic N) is 1. The van der Waals surface area contributed by atoms with E-state index >= 15 is 0 Å². The van der Waals surface area contributed by atoms with Crippen molar-refractivity contribution in [3.63, 3.8) is 0 Å². The summed E-state index contributed by atoms with van der Waals surface area (Å²) in [5, 5.41) is 0. The average Bonchev–Trinajstić information content (AvgIpc) is 3.26. The van der Waals surface area contributed by atoms with Gasteiger partial charge in [-0.2, -0.15) is 0 Å². The average molecular weight is 943 g/mol. The highest BCUT2D eigenvalue weighted by molar-refractivity contribution is 7.47. The number of hydrogen-bond donors (Lipinski definition) is 1. The third-order valence-electron chi connectivity index (χ3n) is 12.5.